The average molecular weight is 356 g/mol. The van der Waals surface area contributed by atoms with Crippen LogP contribution in [0.5, 0.6) is 0 Å². The Morgan fingerprint density at radius 3 is 2.85 bits per heavy atom. The largest absolute Gasteiger partial charge is 0.341 e. The normalized spacial score (nSPS) is 21.1. The van der Waals surface area contributed by atoms with Crippen LogP contribution in [0.2, 0.25) is 0 Å². The molecule has 0 N–H and O–H groups in total. The first-order chi connectivity index (χ1) is 12.7. The summed E-state index contributed by atoms with van der Waals surface area (Å²) >= 11 is 0. The van der Waals surface area contributed by atoms with Gasteiger partial charge in [0.25, 0.3) is 0 Å². The molecule has 0 bridgehead atoms. The second-order valence-corrected chi connectivity index (χ2v) is 7.71. The molecule has 3 heterocycles. The van der Waals surface area contributed by atoms with Gasteiger partial charge in [-0.25, -0.2) is 9.78 Å². The van der Waals surface area contributed by atoms with Crippen LogP contribution >= 0.6 is 0 Å². The minimum Gasteiger partial charge on any atom is -0.341 e. The molecule has 1 saturated heterocycles. The number of pyridine rings is 1. The number of aromatic nitrogens is 3. The first kappa shape index (κ1) is 17.3. The summed E-state index contributed by atoms with van der Waals surface area (Å²) in [6, 6.07) is 3.85. The Morgan fingerprint density at radius 1 is 1.27 bits per heavy atom. The smallest absolute Gasteiger partial charge is 0.330 e. The fourth-order valence-electron chi connectivity index (χ4n) is 4.71. The third-order valence-electron chi connectivity index (χ3n) is 6.16. The van der Waals surface area contributed by atoms with Crippen molar-refractivity contribution in [1.82, 2.24) is 19.0 Å². The SMILES string of the molecule is CCn1c(=O)n([C@@H]2CCN(C(=O)CCC3CCCC3)C2)c2ncccc21. The average Bonchev–Trinajstić information content (AvgIpc) is 3.38. The number of aryl methyl sites for hydroxylation is 1. The van der Waals surface area contributed by atoms with Crippen LogP contribution in [0.25, 0.3) is 11.2 Å². The molecule has 0 spiro atoms. The molecule has 2 aromatic heterocycles. The minimum absolute atomic E-state index is 0.00791. The molecule has 0 aromatic carbocycles. The first-order valence-electron chi connectivity index (χ1n) is 10.0. The van der Waals surface area contributed by atoms with Crippen molar-refractivity contribution in [1.29, 1.82) is 0 Å². The zero-order chi connectivity index (χ0) is 18.1. The maximum Gasteiger partial charge on any atom is 0.330 e. The van der Waals surface area contributed by atoms with Crippen LogP contribution in [0, 0.1) is 5.92 Å². The molecular formula is C20H28N4O2. The predicted molar refractivity (Wildman–Crippen MR) is 101 cm³/mol. The van der Waals surface area contributed by atoms with Gasteiger partial charge in [-0.1, -0.05) is 25.7 Å². The lowest BCUT2D eigenvalue weighted by molar-refractivity contribution is -0.130. The number of carbonyl (C=O) groups is 1. The summed E-state index contributed by atoms with van der Waals surface area (Å²) in [6.45, 7) is 3.98. The van der Waals surface area contributed by atoms with E-state index in [1.54, 1.807) is 10.8 Å². The Hall–Kier alpha value is -2.11. The molecule has 2 fully saturated rings. The summed E-state index contributed by atoms with van der Waals surface area (Å²) in [5.41, 5.74) is 1.61. The highest BCUT2D eigenvalue weighted by Crippen LogP contribution is 2.30. The Bertz CT molecular complexity index is 847. The molecule has 0 unspecified atom stereocenters. The van der Waals surface area contributed by atoms with Crippen LogP contribution in [0.1, 0.15) is 57.9 Å². The highest BCUT2D eigenvalue weighted by atomic mass is 16.2. The number of imidazole rings is 1. The Labute approximate surface area is 153 Å². The molecule has 0 radical (unpaired) electrons. The van der Waals surface area contributed by atoms with Crippen LogP contribution in [-0.4, -0.2) is 38.0 Å². The van der Waals surface area contributed by atoms with Crippen molar-refractivity contribution < 1.29 is 4.79 Å². The Morgan fingerprint density at radius 2 is 2.08 bits per heavy atom. The molecule has 1 aliphatic carbocycles. The number of likely N-dealkylation sites (tertiary alicyclic amines) is 1. The number of rotatable bonds is 5. The van der Waals surface area contributed by atoms with Gasteiger partial charge in [0.2, 0.25) is 5.91 Å². The summed E-state index contributed by atoms with van der Waals surface area (Å²) < 4.78 is 3.58. The molecular weight excluding hydrogens is 328 g/mol. The lowest BCUT2D eigenvalue weighted by Crippen LogP contribution is -2.32. The summed E-state index contributed by atoms with van der Waals surface area (Å²) in [5.74, 6) is 0.992. The molecule has 26 heavy (non-hydrogen) atoms. The van der Waals surface area contributed by atoms with Gasteiger partial charge in [-0.2, -0.15) is 0 Å². The molecule has 1 amide bonds. The van der Waals surface area contributed by atoms with E-state index in [-0.39, 0.29) is 17.6 Å². The van der Waals surface area contributed by atoms with Gasteiger partial charge in [0.05, 0.1) is 11.6 Å². The van der Waals surface area contributed by atoms with Crippen molar-refractivity contribution in [3.63, 3.8) is 0 Å². The molecule has 2 aliphatic rings. The highest BCUT2D eigenvalue weighted by molar-refractivity contribution is 5.76. The molecule has 2 aromatic rings. The van der Waals surface area contributed by atoms with E-state index < -0.39 is 0 Å². The zero-order valence-corrected chi connectivity index (χ0v) is 15.6. The fraction of sp³-hybridized carbons (Fsp3) is 0.650. The van der Waals surface area contributed by atoms with Crippen molar-refractivity contribution in [2.75, 3.05) is 13.1 Å². The molecule has 1 aliphatic heterocycles. The second-order valence-electron chi connectivity index (χ2n) is 7.71. The van der Waals surface area contributed by atoms with Gasteiger partial charge in [-0.15, -0.1) is 0 Å². The van der Waals surface area contributed by atoms with E-state index in [1.807, 2.05) is 28.5 Å². The molecule has 6 nitrogen and oxygen atoms in total. The molecule has 6 heteroatoms. The van der Waals surface area contributed by atoms with E-state index in [4.69, 9.17) is 0 Å². The molecule has 140 valence electrons. The predicted octanol–water partition coefficient (Wildman–Crippen LogP) is 2.96. The number of hydrogen-bond acceptors (Lipinski definition) is 3. The van der Waals surface area contributed by atoms with Crippen molar-refractivity contribution in [3.05, 3.63) is 28.8 Å². The standard InChI is InChI=1S/C20H28N4O2/c1-2-23-17-8-5-12-21-19(17)24(20(23)26)16-11-13-22(14-16)18(25)10-9-15-6-3-4-7-15/h5,8,12,15-16H,2-4,6-7,9-11,13-14H2,1H3/t16-/m1/s1. The van der Waals surface area contributed by atoms with Crippen LogP contribution in [-0.2, 0) is 11.3 Å². The fourth-order valence-corrected chi connectivity index (χ4v) is 4.71. The summed E-state index contributed by atoms with van der Waals surface area (Å²) in [6.07, 6.45) is 9.45. The zero-order valence-electron chi connectivity index (χ0n) is 15.6. The number of nitrogens with zero attached hydrogens (tertiary/aromatic N) is 4. The van der Waals surface area contributed by atoms with Crippen LogP contribution in [0.4, 0.5) is 0 Å². The van der Waals surface area contributed by atoms with Crippen LogP contribution in [0.15, 0.2) is 23.1 Å². The highest BCUT2D eigenvalue weighted by Gasteiger charge is 2.31. The third-order valence-corrected chi connectivity index (χ3v) is 6.16. The van der Waals surface area contributed by atoms with Crippen LogP contribution < -0.4 is 5.69 Å². The summed E-state index contributed by atoms with van der Waals surface area (Å²) in [7, 11) is 0. The van der Waals surface area contributed by atoms with E-state index in [0.29, 0.717) is 19.5 Å². The second kappa shape index (κ2) is 7.25. The Balaban J connectivity index is 1.48. The van der Waals surface area contributed by atoms with Crippen molar-refractivity contribution in [3.8, 4) is 0 Å². The maximum absolute atomic E-state index is 12.9. The monoisotopic (exact) mass is 356 g/mol. The summed E-state index contributed by atoms with van der Waals surface area (Å²) in [4.78, 5) is 31.9. The van der Waals surface area contributed by atoms with Gasteiger partial charge >= 0.3 is 5.69 Å². The van der Waals surface area contributed by atoms with Gasteiger partial charge in [0.1, 0.15) is 0 Å². The van der Waals surface area contributed by atoms with E-state index >= 15 is 0 Å². The number of fused-ring (bicyclic) bond motifs is 1. The van der Waals surface area contributed by atoms with Gasteiger partial charge in [0.15, 0.2) is 5.65 Å². The van der Waals surface area contributed by atoms with Gasteiger partial charge in [-0.3, -0.25) is 13.9 Å². The maximum atomic E-state index is 12.9. The number of amides is 1. The first-order valence-corrected chi connectivity index (χ1v) is 10.0. The minimum atomic E-state index is -0.00791. The summed E-state index contributed by atoms with van der Waals surface area (Å²) in [5, 5.41) is 0. The van der Waals surface area contributed by atoms with E-state index in [2.05, 4.69) is 4.98 Å². The van der Waals surface area contributed by atoms with Gasteiger partial charge in [0, 0.05) is 32.3 Å². The van der Waals surface area contributed by atoms with Gasteiger partial charge in [-0.05, 0) is 37.8 Å². The number of hydrogen-bond donors (Lipinski definition) is 0. The third kappa shape index (κ3) is 3.06. The van der Waals surface area contributed by atoms with E-state index in [1.165, 1.54) is 25.7 Å². The van der Waals surface area contributed by atoms with Crippen molar-refractivity contribution in [2.24, 2.45) is 5.92 Å². The topological polar surface area (TPSA) is 60.1 Å². The van der Waals surface area contributed by atoms with E-state index in [9.17, 15) is 9.59 Å². The molecule has 1 saturated carbocycles. The quantitative estimate of drug-likeness (QED) is 0.827. The lowest BCUT2D eigenvalue weighted by Gasteiger charge is -2.18. The number of carbonyl (C=O) groups excluding carboxylic acids is 1. The molecule has 1 atom stereocenters. The lowest BCUT2D eigenvalue weighted by atomic mass is 10.0. The molecule has 4 rings (SSSR count). The van der Waals surface area contributed by atoms with Gasteiger partial charge < -0.3 is 4.90 Å². The van der Waals surface area contributed by atoms with Crippen molar-refractivity contribution >= 4 is 17.1 Å². The van der Waals surface area contributed by atoms with E-state index in [0.717, 1.165) is 36.5 Å². The Kier molecular flexibility index (Phi) is 4.83. The van der Waals surface area contributed by atoms with Crippen molar-refractivity contribution in [2.45, 2.75) is 64.5 Å². The van der Waals surface area contributed by atoms with Crippen LogP contribution in [0.3, 0.4) is 0 Å².